The van der Waals surface area contributed by atoms with E-state index in [-0.39, 0.29) is 6.04 Å². The Morgan fingerprint density at radius 1 is 0.600 bits per heavy atom. The van der Waals surface area contributed by atoms with E-state index in [1.54, 1.807) is 0 Å². The number of rotatable bonds is 7. The second-order valence-corrected chi connectivity index (χ2v) is 6.97. The minimum Gasteiger partial charge on any atom is -0.457 e. The molecule has 0 saturated carbocycles. The van der Waals surface area contributed by atoms with E-state index >= 15 is 0 Å². The summed E-state index contributed by atoms with van der Waals surface area (Å²) in [6, 6.07) is 39.5. The Morgan fingerprint density at radius 2 is 1.10 bits per heavy atom. The van der Waals surface area contributed by atoms with Crippen molar-refractivity contribution in [2.75, 3.05) is 0 Å². The van der Waals surface area contributed by atoms with Crippen molar-refractivity contribution in [2.24, 2.45) is 0 Å². The second-order valence-electron chi connectivity index (χ2n) is 6.97. The van der Waals surface area contributed by atoms with Gasteiger partial charge in [0.2, 0.25) is 0 Å². The van der Waals surface area contributed by atoms with Gasteiger partial charge in [0.15, 0.2) is 0 Å². The van der Waals surface area contributed by atoms with Crippen molar-refractivity contribution in [1.82, 2.24) is 5.32 Å². The molecule has 0 aromatic heterocycles. The number of nitrogens with zero attached hydrogens (tertiary/aromatic N) is 1. The smallest absolute Gasteiger partial charge is 0.127 e. The maximum atomic E-state index is 9.95. The Bertz CT molecular complexity index is 1070. The molecule has 1 N–H and O–H groups in total. The third-order valence-electron chi connectivity index (χ3n) is 4.90. The van der Waals surface area contributed by atoms with E-state index in [0.29, 0.717) is 5.75 Å². The lowest BCUT2D eigenvalue weighted by Crippen LogP contribution is -2.26. The van der Waals surface area contributed by atoms with Crippen molar-refractivity contribution in [3.8, 4) is 17.6 Å². The van der Waals surface area contributed by atoms with Crippen LogP contribution in [0.5, 0.6) is 11.5 Å². The van der Waals surface area contributed by atoms with Crippen molar-refractivity contribution in [3.05, 3.63) is 132 Å². The third kappa shape index (κ3) is 4.75. The van der Waals surface area contributed by atoms with Gasteiger partial charge in [0, 0.05) is 0 Å². The van der Waals surface area contributed by atoms with Gasteiger partial charge in [-0.2, -0.15) is 5.26 Å². The van der Waals surface area contributed by atoms with Crippen molar-refractivity contribution >= 4 is 0 Å². The zero-order chi connectivity index (χ0) is 20.6. The fraction of sp³-hybridized carbons (Fsp3) is 0.0741. The molecule has 4 aromatic carbocycles. The van der Waals surface area contributed by atoms with Crippen LogP contribution in [0.1, 0.15) is 28.8 Å². The molecule has 0 aliphatic heterocycles. The maximum absolute atomic E-state index is 9.95. The average Bonchev–Trinajstić information content (AvgIpc) is 2.82. The molecule has 146 valence electrons. The molecular formula is C27H22N2O. The van der Waals surface area contributed by atoms with Crippen LogP contribution in [0.4, 0.5) is 0 Å². The molecule has 0 spiro atoms. The Morgan fingerprint density at radius 3 is 1.67 bits per heavy atom. The Kier molecular flexibility index (Phi) is 6.19. The van der Waals surface area contributed by atoms with Crippen LogP contribution in [0.2, 0.25) is 0 Å². The summed E-state index contributed by atoms with van der Waals surface area (Å²) in [5, 5.41) is 13.5. The largest absolute Gasteiger partial charge is 0.457 e. The van der Waals surface area contributed by atoms with Crippen LogP contribution < -0.4 is 10.1 Å². The summed E-state index contributed by atoms with van der Waals surface area (Å²) in [6.07, 6.45) is 0. The van der Waals surface area contributed by atoms with Gasteiger partial charge in [-0.1, -0.05) is 91.0 Å². The molecule has 4 aromatic rings. The lowest BCUT2D eigenvalue weighted by Gasteiger charge is -2.23. The molecule has 3 nitrogen and oxygen atoms in total. The molecule has 0 radical (unpaired) electrons. The number of hydrogen-bond acceptors (Lipinski definition) is 3. The number of hydrogen-bond donors (Lipinski definition) is 1. The van der Waals surface area contributed by atoms with E-state index in [1.807, 2.05) is 91.0 Å². The molecule has 0 amide bonds. The fourth-order valence-corrected chi connectivity index (χ4v) is 3.43. The molecule has 0 aliphatic carbocycles. The van der Waals surface area contributed by atoms with Gasteiger partial charge >= 0.3 is 0 Å². The first-order valence-corrected chi connectivity index (χ1v) is 9.92. The third-order valence-corrected chi connectivity index (χ3v) is 4.90. The first-order chi connectivity index (χ1) is 14.8. The van der Waals surface area contributed by atoms with Crippen molar-refractivity contribution in [1.29, 1.82) is 5.26 Å². The molecule has 0 heterocycles. The molecule has 0 saturated heterocycles. The Labute approximate surface area is 177 Å². The number of nitriles is 1. The van der Waals surface area contributed by atoms with Crippen LogP contribution in [0.25, 0.3) is 0 Å². The minimum absolute atomic E-state index is 0.101. The van der Waals surface area contributed by atoms with E-state index in [1.165, 1.54) is 0 Å². The predicted molar refractivity (Wildman–Crippen MR) is 119 cm³/mol. The van der Waals surface area contributed by atoms with Crippen LogP contribution in [0.15, 0.2) is 115 Å². The highest BCUT2D eigenvalue weighted by Gasteiger charge is 2.20. The molecule has 0 bridgehead atoms. The lowest BCUT2D eigenvalue weighted by atomic mass is 9.96. The topological polar surface area (TPSA) is 45.0 Å². The highest BCUT2D eigenvalue weighted by Crippen LogP contribution is 2.28. The van der Waals surface area contributed by atoms with E-state index in [2.05, 4.69) is 35.7 Å². The van der Waals surface area contributed by atoms with Gasteiger partial charge in [-0.15, -0.1) is 0 Å². The predicted octanol–water partition coefficient (Wildman–Crippen LogP) is 6.42. The van der Waals surface area contributed by atoms with Gasteiger partial charge in [-0.3, -0.25) is 5.32 Å². The molecule has 1 atom stereocenters. The molecule has 0 fully saturated rings. The summed E-state index contributed by atoms with van der Waals surface area (Å²) in [5.74, 6) is 1.47. The molecule has 0 unspecified atom stereocenters. The SMILES string of the molecule is N#C[C@@H](NC(c1ccccc1)c1ccccc1)c1cccc(Oc2ccccc2)c1. The van der Waals surface area contributed by atoms with E-state index in [0.717, 1.165) is 22.4 Å². The van der Waals surface area contributed by atoms with Crippen molar-refractivity contribution < 1.29 is 4.74 Å². The molecule has 30 heavy (non-hydrogen) atoms. The number of para-hydroxylation sites is 1. The average molecular weight is 390 g/mol. The highest BCUT2D eigenvalue weighted by atomic mass is 16.5. The van der Waals surface area contributed by atoms with Crippen LogP contribution >= 0.6 is 0 Å². The van der Waals surface area contributed by atoms with Gasteiger partial charge in [-0.05, 0) is 41.0 Å². The van der Waals surface area contributed by atoms with Gasteiger partial charge in [0.05, 0.1) is 12.1 Å². The standard InChI is InChI=1S/C27H22N2O/c28-20-26(23-15-10-18-25(19-23)30-24-16-8-3-9-17-24)29-27(21-11-4-1-5-12-21)22-13-6-2-7-14-22/h1-19,26-27,29H/t26-/m1/s1. The van der Waals surface area contributed by atoms with Crippen LogP contribution in [0, 0.1) is 11.3 Å². The lowest BCUT2D eigenvalue weighted by molar-refractivity contribution is 0.480. The van der Waals surface area contributed by atoms with Crippen LogP contribution in [-0.2, 0) is 0 Å². The zero-order valence-corrected chi connectivity index (χ0v) is 16.5. The fourth-order valence-electron chi connectivity index (χ4n) is 3.43. The number of ether oxygens (including phenoxy) is 1. The summed E-state index contributed by atoms with van der Waals surface area (Å²) in [5.41, 5.74) is 3.09. The monoisotopic (exact) mass is 390 g/mol. The van der Waals surface area contributed by atoms with E-state index in [4.69, 9.17) is 4.74 Å². The highest BCUT2D eigenvalue weighted by molar-refractivity contribution is 5.38. The Hall–Kier alpha value is -3.87. The van der Waals surface area contributed by atoms with Crippen molar-refractivity contribution in [2.45, 2.75) is 12.1 Å². The summed E-state index contributed by atoms with van der Waals surface area (Å²) in [4.78, 5) is 0. The molecule has 0 aliphatic rings. The molecule has 3 heteroatoms. The van der Waals surface area contributed by atoms with E-state index < -0.39 is 6.04 Å². The Balaban J connectivity index is 1.61. The quantitative estimate of drug-likeness (QED) is 0.396. The van der Waals surface area contributed by atoms with Gasteiger partial charge in [0.1, 0.15) is 17.5 Å². The first kappa shape index (κ1) is 19.4. The van der Waals surface area contributed by atoms with Gasteiger partial charge in [-0.25, -0.2) is 0 Å². The molecule has 4 rings (SSSR count). The summed E-state index contributed by atoms with van der Waals surface area (Å²) in [6.45, 7) is 0. The summed E-state index contributed by atoms with van der Waals surface area (Å²) >= 11 is 0. The minimum atomic E-state index is -0.491. The second kappa shape index (κ2) is 9.56. The summed E-state index contributed by atoms with van der Waals surface area (Å²) in [7, 11) is 0. The zero-order valence-electron chi connectivity index (χ0n) is 16.5. The van der Waals surface area contributed by atoms with E-state index in [9.17, 15) is 5.26 Å². The first-order valence-electron chi connectivity index (χ1n) is 9.92. The number of benzene rings is 4. The van der Waals surface area contributed by atoms with Crippen LogP contribution in [-0.4, -0.2) is 0 Å². The van der Waals surface area contributed by atoms with Gasteiger partial charge < -0.3 is 4.74 Å². The summed E-state index contributed by atoms with van der Waals surface area (Å²) < 4.78 is 5.95. The maximum Gasteiger partial charge on any atom is 0.127 e. The number of nitrogens with one attached hydrogen (secondary N) is 1. The van der Waals surface area contributed by atoms with Crippen LogP contribution in [0.3, 0.4) is 0 Å². The molecular weight excluding hydrogens is 368 g/mol. The van der Waals surface area contributed by atoms with Gasteiger partial charge in [0.25, 0.3) is 0 Å². The van der Waals surface area contributed by atoms with Crippen molar-refractivity contribution in [3.63, 3.8) is 0 Å². The normalized spacial score (nSPS) is 11.6.